The molecule has 0 atom stereocenters. The molecule has 0 aliphatic carbocycles. The van der Waals surface area contributed by atoms with Crippen molar-refractivity contribution in [3.8, 4) is 5.75 Å². The number of hydroxylamine groups is 1. The second-order valence-electron chi connectivity index (χ2n) is 3.45. The van der Waals surface area contributed by atoms with Crippen LogP contribution in [0, 0.1) is 15.5 Å². The summed E-state index contributed by atoms with van der Waals surface area (Å²) < 4.78 is 53.3. The first-order chi connectivity index (χ1) is 9.63. The summed E-state index contributed by atoms with van der Waals surface area (Å²) in [5.74, 6) is -1.67. The number of benzene rings is 1. The van der Waals surface area contributed by atoms with Crippen molar-refractivity contribution in [3.63, 3.8) is 0 Å². The Morgan fingerprint density at radius 2 is 2.10 bits per heavy atom. The van der Waals surface area contributed by atoms with Gasteiger partial charge >= 0.3 is 17.6 Å². The molecule has 0 radical (unpaired) electrons. The highest BCUT2D eigenvalue weighted by atomic mass is 19.3. The Labute approximate surface area is 114 Å². The Morgan fingerprint density at radius 1 is 1.48 bits per heavy atom. The van der Waals surface area contributed by atoms with Crippen LogP contribution in [0.15, 0.2) is 24.3 Å². The Bertz CT molecular complexity index is 542. The third-order valence-corrected chi connectivity index (χ3v) is 1.93. The van der Waals surface area contributed by atoms with Gasteiger partial charge in [-0.3, -0.25) is 5.41 Å². The van der Waals surface area contributed by atoms with Gasteiger partial charge in [-0.15, -0.1) is 15.2 Å². The summed E-state index contributed by atoms with van der Waals surface area (Å²) in [7, 11) is 0. The number of rotatable bonds is 6. The predicted molar refractivity (Wildman–Crippen MR) is 60.5 cm³/mol. The lowest BCUT2D eigenvalue weighted by Crippen LogP contribution is -2.38. The van der Waals surface area contributed by atoms with Gasteiger partial charge in [-0.1, -0.05) is 6.07 Å². The number of nitrogens with two attached hydrogens (primary N) is 1. The fourth-order valence-corrected chi connectivity index (χ4v) is 1.17. The van der Waals surface area contributed by atoms with Crippen LogP contribution >= 0.6 is 0 Å². The fraction of sp³-hybridized carbons (Fsp3) is 0.222. The average molecular weight is 312 g/mol. The first-order valence-corrected chi connectivity index (χ1v) is 5.05. The third kappa shape index (κ3) is 4.36. The van der Waals surface area contributed by atoms with Gasteiger partial charge in [-0.2, -0.15) is 22.5 Å². The Balaban J connectivity index is 3.03. The zero-order chi connectivity index (χ0) is 16.2. The lowest BCUT2D eigenvalue weighted by molar-refractivity contribution is -0.758. The summed E-state index contributed by atoms with van der Waals surface area (Å²) in [4.78, 5) is 14.2. The minimum Gasteiger partial charge on any atom is -0.428 e. The molecule has 0 aliphatic rings. The molecule has 0 aliphatic heterocycles. The SMILES string of the molecule is N=C(N)N(O[N+](=O)[O-])c1cccc(OC(F)(F)C(F)F)c1. The van der Waals surface area contributed by atoms with Crippen LogP contribution in [-0.4, -0.2) is 23.6 Å². The van der Waals surface area contributed by atoms with Crippen LogP contribution in [0.4, 0.5) is 23.2 Å². The van der Waals surface area contributed by atoms with E-state index in [0.29, 0.717) is 6.07 Å². The van der Waals surface area contributed by atoms with Crippen LogP contribution in [0.3, 0.4) is 0 Å². The molecule has 0 unspecified atom stereocenters. The van der Waals surface area contributed by atoms with Crippen LogP contribution in [0.5, 0.6) is 5.75 Å². The maximum Gasteiger partial charge on any atom is 0.461 e. The monoisotopic (exact) mass is 312 g/mol. The summed E-state index contributed by atoms with van der Waals surface area (Å²) in [5, 5.41) is 16.2. The Hall–Kier alpha value is -2.79. The fourth-order valence-electron chi connectivity index (χ4n) is 1.17. The number of alkyl halides is 4. The minimum atomic E-state index is -4.75. The topological polar surface area (TPSA) is 115 Å². The van der Waals surface area contributed by atoms with E-state index in [0.717, 1.165) is 18.2 Å². The van der Waals surface area contributed by atoms with Crippen molar-refractivity contribution in [3.05, 3.63) is 34.4 Å². The molecule has 1 rings (SSSR count). The van der Waals surface area contributed by atoms with Crippen molar-refractivity contribution >= 4 is 11.6 Å². The highest BCUT2D eigenvalue weighted by molar-refractivity contribution is 5.90. The second kappa shape index (κ2) is 6.11. The van der Waals surface area contributed by atoms with Crippen molar-refractivity contribution in [1.29, 1.82) is 5.41 Å². The summed E-state index contributed by atoms with van der Waals surface area (Å²) in [6, 6.07) is 3.77. The molecule has 3 N–H and O–H groups in total. The number of nitrogens with zero attached hydrogens (tertiary/aromatic N) is 2. The quantitative estimate of drug-likeness (QED) is 0.272. The maximum atomic E-state index is 12.7. The van der Waals surface area contributed by atoms with Gasteiger partial charge in [-0.25, -0.2) is 0 Å². The zero-order valence-electron chi connectivity index (χ0n) is 10.0. The van der Waals surface area contributed by atoms with Crippen LogP contribution < -0.4 is 15.5 Å². The Morgan fingerprint density at radius 3 is 2.57 bits per heavy atom. The molecule has 0 amide bonds. The molecule has 8 nitrogen and oxygen atoms in total. The summed E-state index contributed by atoms with van der Waals surface area (Å²) in [6.45, 7) is 0. The molecule has 21 heavy (non-hydrogen) atoms. The van der Waals surface area contributed by atoms with Crippen LogP contribution in [-0.2, 0) is 4.94 Å². The van der Waals surface area contributed by atoms with Crippen molar-refractivity contribution < 1.29 is 32.3 Å². The van der Waals surface area contributed by atoms with E-state index < -0.39 is 29.3 Å². The van der Waals surface area contributed by atoms with Gasteiger partial charge in [0, 0.05) is 6.07 Å². The lowest BCUT2D eigenvalue weighted by atomic mass is 10.3. The molecule has 116 valence electrons. The number of nitrogens with one attached hydrogen (secondary N) is 1. The second-order valence-corrected chi connectivity index (χ2v) is 3.45. The molecule has 0 saturated carbocycles. The van der Waals surface area contributed by atoms with E-state index in [1.165, 1.54) is 0 Å². The highest BCUT2D eigenvalue weighted by Gasteiger charge is 2.44. The lowest BCUT2D eigenvalue weighted by Gasteiger charge is -2.20. The van der Waals surface area contributed by atoms with Crippen molar-refractivity contribution in [2.24, 2.45) is 5.73 Å². The van der Waals surface area contributed by atoms with Crippen molar-refractivity contribution in [1.82, 2.24) is 0 Å². The van der Waals surface area contributed by atoms with Crippen LogP contribution in [0.1, 0.15) is 0 Å². The first-order valence-electron chi connectivity index (χ1n) is 5.05. The zero-order valence-corrected chi connectivity index (χ0v) is 10.0. The van der Waals surface area contributed by atoms with E-state index in [9.17, 15) is 27.7 Å². The largest absolute Gasteiger partial charge is 0.461 e. The van der Waals surface area contributed by atoms with Crippen molar-refractivity contribution in [2.75, 3.05) is 5.06 Å². The number of hydrogen-bond donors (Lipinski definition) is 2. The molecule has 1 aromatic carbocycles. The number of guanidine groups is 1. The number of halogens is 4. The minimum absolute atomic E-state index is 0.174. The number of anilines is 1. The van der Waals surface area contributed by atoms with Crippen molar-refractivity contribution in [2.45, 2.75) is 12.5 Å². The van der Waals surface area contributed by atoms with Crippen LogP contribution in [0.25, 0.3) is 0 Å². The molecule has 0 spiro atoms. The van der Waals surface area contributed by atoms with Gasteiger partial charge < -0.3 is 10.5 Å². The van der Waals surface area contributed by atoms with E-state index in [-0.39, 0.29) is 10.8 Å². The molecule has 0 aromatic heterocycles. The van der Waals surface area contributed by atoms with E-state index in [2.05, 4.69) is 9.68 Å². The normalized spacial score (nSPS) is 11.1. The van der Waals surface area contributed by atoms with E-state index in [4.69, 9.17) is 11.1 Å². The number of ether oxygens (including phenoxy) is 1. The van der Waals surface area contributed by atoms with Gasteiger partial charge in [0.2, 0.25) is 5.96 Å². The smallest absolute Gasteiger partial charge is 0.428 e. The maximum absolute atomic E-state index is 12.7. The van der Waals surface area contributed by atoms with Gasteiger partial charge in [0.15, 0.2) is 0 Å². The van der Waals surface area contributed by atoms with Gasteiger partial charge in [-0.05, 0) is 12.1 Å². The first kappa shape index (κ1) is 16.3. The summed E-state index contributed by atoms with van der Waals surface area (Å²) >= 11 is 0. The van der Waals surface area contributed by atoms with E-state index in [1.54, 1.807) is 0 Å². The van der Waals surface area contributed by atoms with E-state index in [1.807, 2.05) is 0 Å². The third-order valence-electron chi connectivity index (χ3n) is 1.93. The number of hydrogen-bond acceptors (Lipinski definition) is 5. The molecule has 0 saturated heterocycles. The molecule has 0 fully saturated rings. The molecule has 12 heteroatoms. The molecular formula is C9H8F4N4O4. The standard InChI is InChI=1S/C9H8F4N4O4/c10-7(11)9(12,13)20-6-3-1-2-5(4-6)16(8(14)15)21-17(18)19/h1-4,7H,(H3,14,15). The predicted octanol–water partition coefficient (Wildman–Crippen LogP) is 1.75. The highest BCUT2D eigenvalue weighted by Crippen LogP contribution is 2.29. The average Bonchev–Trinajstić information content (AvgIpc) is 2.35. The summed E-state index contributed by atoms with van der Waals surface area (Å²) in [5.41, 5.74) is 4.67. The van der Waals surface area contributed by atoms with Crippen LogP contribution in [0.2, 0.25) is 0 Å². The molecule has 0 bridgehead atoms. The van der Waals surface area contributed by atoms with Gasteiger partial charge in [0.05, 0.1) is 5.69 Å². The van der Waals surface area contributed by atoms with E-state index >= 15 is 0 Å². The molecule has 1 aromatic rings. The molecular weight excluding hydrogens is 304 g/mol. The van der Waals surface area contributed by atoms with Gasteiger partial charge in [0.1, 0.15) is 5.75 Å². The molecule has 0 heterocycles. The van der Waals surface area contributed by atoms with Gasteiger partial charge in [0.25, 0.3) is 0 Å². The Kier molecular flexibility index (Phi) is 4.73. The summed E-state index contributed by atoms with van der Waals surface area (Å²) in [6.07, 6.45) is -8.82.